The number of pyridine rings is 1. The normalized spacial score (nSPS) is 20.2. The van der Waals surface area contributed by atoms with Crippen LogP contribution in [0.2, 0.25) is 10.0 Å². The van der Waals surface area contributed by atoms with Gasteiger partial charge >= 0.3 is 12.1 Å². The van der Waals surface area contributed by atoms with Crippen molar-refractivity contribution in [1.82, 2.24) is 24.8 Å². The number of ether oxygens (including phenoxy) is 3. The van der Waals surface area contributed by atoms with E-state index < -0.39 is 5.60 Å². The second-order valence-corrected chi connectivity index (χ2v) is 15.1. The molecule has 0 radical (unpaired) electrons. The first kappa shape index (κ1) is 35.2. The molecule has 3 aliphatic rings. The minimum atomic E-state index is -0.514. The number of piperidine rings is 2. The summed E-state index contributed by atoms with van der Waals surface area (Å²) in [5.41, 5.74) is 1.99. The van der Waals surface area contributed by atoms with Gasteiger partial charge in [0.25, 0.3) is 0 Å². The second kappa shape index (κ2) is 15.1. The molecule has 0 aliphatic carbocycles. The monoisotopic (exact) mass is 710 g/mol. The fourth-order valence-corrected chi connectivity index (χ4v) is 7.56. The fourth-order valence-electron chi connectivity index (χ4n) is 7.04. The number of aromatic nitrogens is 3. The van der Waals surface area contributed by atoms with Crippen molar-refractivity contribution in [2.24, 2.45) is 11.8 Å². The van der Waals surface area contributed by atoms with Crippen LogP contribution in [0.3, 0.4) is 0 Å². The fraction of sp³-hybridized carbons (Fsp3) is 0.528. The van der Waals surface area contributed by atoms with Gasteiger partial charge < -0.3 is 24.0 Å². The van der Waals surface area contributed by atoms with E-state index in [1.807, 2.05) is 49.9 Å². The van der Waals surface area contributed by atoms with Crippen LogP contribution in [0, 0.1) is 11.8 Å². The third kappa shape index (κ3) is 9.12. The number of carbonyl (C=O) groups excluding carboxylic acids is 2. The first-order valence-corrected chi connectivity index (χ1v) is 17.7. The molecule has 0 saturated carbocycles. The molecule has 3 aliphatic heterocycles. The first-order chi connectivity index (χ1) is 23.4. The molecule has 3 fully saturated rings. The highest BCUT2D eigenvalue weighted by Crippen LogP contribution is 2.35. The van der Waals surface area contributed by atoms with Gasteiger partial charge in [0, 0.05) is 60.3 Å². The van der Waals surface area contributed by atoms with Crippen LogP contribution in [0.15, 0.2) is 42.7 Å². The minimum absolute atomic E-state index is 0.152. The van der Waals surface area contributed by atoms with Crippen LogP contribution >= 0.6 is 23.2 Å². The lowest BCUT2D eigenvalue weighted by atomic mass is 9.93. The van der Waals surface area contributed by atoms with Crippen molar-refractivity contribution in [3.63, 3.8) is 0 Å². The Morgan fingerprint density at radius 2 is 1.63 bits per heavy atom. The van der Waals surface area contributed by atoms with Gasteiger partial charge in [0.1, 0.15) is 5.60 Å². The van der Waals surface area contributed by atoms with Gasteiger partial charge in [-0.05, 0) is 101 Å². The van der Waals surface area contributed by atoms with Crippen LogP contribution < -0.4 is 9.64 Å². The lowest BCUT2D eigenvalue weighted by Crippen LogP contribution is -2.49. The third-order valence-electron chi connectivity index (χ3n) is 9.40. The van der Waals surface area contributed by atoms with Crippen molar-refractivity contribution in [1.29, 1.82) is 0 Å². The third-order valence-corrected chi connectivity index (χ3v) is 9.84. The molecule has 3 saturated heterocycles. The Kier molecular flexibility index (Phi) is 10.8. The number of carbonyl (C=O) groups is 2. The van der Waals surface area contributed by atoms with E-state index in [1.54, 1.807) is 18.5 Å². The van der Waals surface area contributed by atoms with E-state index >= 15 is 0 Å². The number of methoxy groups -OCH3 is 1. The maximum absolute atomic E-state index is 12.8. The number of nitrogens with zero attached hydrogens (tertiary/aromatic N) is 6. The number of esters is 1. The van der Waals surface area contributed by atoms with Gasteiger partial charge in [0.05, 0.1) is 25.2 Å². The van der Waals surface area contributed by atoms with Gasteiger partial charge in [-0.15, -0.1) is 0 Å². The molecule has 262 valence electrons. The molecule has 2 unspecified atom stereocenters. The van der Waals surface area contributed by atoms with Gasteiger partial charge in [-0.3, -0.25) is 9.69 Å². The lowest BCUT2D eigenvalue weighted by Gasteiger charge is -2.38. The standard InChI is InChI=1S/C36H44Cl2N6O5/c1-36(2,3)49-35(46)44-12-7-25-22-43(11-8-31(25)44)34-39-19-29(20-40-34)48-32-14-24(13-30(41-32)26-16-27(37)18-28(38)17-26)21-42-9-5-23(6-10-42)15-33(45)47-4/h13-14,16-20,23,25,31H,5-12,15,21-22H2,1-4H3. The summed E-state index contributed by atoms with van der Waals surface area (Å²) in [4.78, 5) is 45.1. The maximum Gasteiger partial charge on any atom is 0.410 e. The van der Waals surface area contributed by atoms with Crippen LogP contribution in [0.5, 0.6) is 11.6 Å². The van der Waals surface area contributed by atoms with Crippen LogP contribution in [0.4, 0.5) is 10.7 Å². The Balaban J connectivity index is 1.13. The molecule has 3 aromatic rings. The van der Waals surface area contributed by atoms with Crippen molar-refractivity contribution in [3.05, 3.63) is 58.3 Å². The van der Waals surface area contributed by atoms with Gasteiger partial charge in [0.2, 0.25) is 11.8 Å². The van der Waals surface area contributed by atoms with Crippen molar-refractivity contribution < 1.29 is 23.8 Å². The van der Waals surface area contributed by atoms with E-state index in [-0.39, 0.29) is 18.1 Å². The second-order valence-electron chi connectivity index (χ2n) is 14.2. The number of likely N-dealkylation sites (tertiary alicyclic amines) is 2. The van der Waals surface area contributed by atoms with Gasteiger partial charge in [-0.1, -0.05) is 23.2 Å². The number of amides is 1. The van der Waals surface area contributed by atoms with E-state index in [0.29, 0.717) is 64.7 Å². The van der Waals surface area contributed by atoms with E-state index in [2.05, 4.69) is 19.8 Å². The predicted molar refractivity (Wildman–Crippen MR) is 188 cm³/mol. The van der Waals surface area contributed by atoms with E-state index in [4.69, 9.17) is 42.4 Å². The number of hydrogen-bond acceptors (Lipinski definition) is 10. The summed E-state index contributed by atoms with van der Waals surface area (Å²) in [5.74, 6) is 2.04. The largest absolute Gasteiger partial charge is 0.469 e. The summed E-state index contributed by atoms with van der Waals surface area (Å²) in [6.45, 7) is 10.4. The summed E-state index contributed by atoms with van der Waals surface area (Å²) < 4.78 is 16.8. The molecule has 2 aromatic heterocycles. The smallest absolute Gasteiger partial charge is 0.410 e. The summed E-state index contributed by atoms with van der Waals surface area (Å²) in [7, 11) is 1.44. The van der Waals surface area contributed by atoms with Crippen LogP contribution in [0.25, 0.3) is 11.3 Å². The maximum atomic E-state index is 12.8. The van der Waals surface area contributed by atoms with E-state index in [9.17, 15) is 9.59 Å². The number of benzene rings is 1. The molecule has 0 N–H and O–H groups in total. The molecule has 0 bridgehead atoms. The van der Waals surface area contributed by atoms with Crippen LogP contribution in [0.1, 0.15) is 58.4 Å². The zero-order valence-corrected chi connectivity index (χ0v) is 30.0. The van der Waals surface area contributed by atoms with Crippen molar-refractivity contribution in [3.8, 4) is 22.9 Å². The minimum Gasteiger partial charge on any atom is -0.469 e. The molecule has 0 spiro atoms. The Labute approximate surface area is 297 Å². The van der Waals surface area contributed by atoms with Crippen molar-refractivity contribution >= 4 is 41.2 Å². The molecule has 13 heteroatoms. The topological polar surface area (TPSA) is 110 Å². The van der Waals surface area contributed by atoms with Crippen LogP contribution in [-0.4, -0.2) is 88.3 Å². The number of fused-ring (bicyclic) bond motifs is 1. The molecule has 6 rings (SSSR count). The average molecular weight is 712 g/mol. The summed E-state index contributed by atoms with van der Waals surface area (Å²) in [6.07, 6.45) is 7.21. The summed E-state index contributed by atoms with van der Waals surface area (Å²) >= 11 is 12.7. The highest BCUT2D eigenvalue weighted by molar-refractivity contribution is 6.35. The molecular weight excluding hydrogens is 667 g/mol. The van der Waals surface area contributed by atoms with Gasteiger partial charge in [-0.2, -0.15) is 0 Å². The molecule has 1 amide bonds. The summed E-state index contributed by atoms with van der Waals surface area (Å²) in [6, 6.07) is 9.50. The van der Waals surface area contributed by atoms with E-state index in [1.165, 1.54) is 7.11 Å². The molecular formula is C36H44Cl2N6O5. The zero-order chi connectivity index (χ0) is 34.7. The van der Waals surface area contributed by atoms with Crippen molar-refractivity contribution in [2.75, 3.05) is 44.7 Å². The number of anilines is 1. The van der Waals surface area contributed by atoms with Gasteiger partial charge in [-0.25, -0.2) is 19.7 Å². The van der Waals surface area contributed by atoms with E-state index in [0.717, 1.165) is 63.0 Å². The number of hydrogen-bond donors (Lipinski definition) is 0. The SMILES string of the molecule is COC(=O)CC1CCN(Cc2cc(Oc3cnc(N4CCC5C(CCN5C(=O)OC(C)(C)C)C4)nc3)nc(-c3cc(Cl)cc(Cl)c3)c2)CC1. The Hall–Kier alpha value is -3.67. The first-order valence-electron chi connectivity index (χ1n) is 16.9. The number of rotatable bonds is 8. The lowest BCUT2D eigenvalue weighted by molar-refractivity contribution is -0.142. The van der Waals surface area contributed by atoms with Gasteiger partial charge in [0.15, 0.2) is 5.75 Å². The Bertz CT molecular complexity index is 1620. The molecule has 49 heavy (non-hydrogen) atoms. The molecule has 5 heterocycles. The average Bonchev–Trinajstić information content (AvgIpc) is 3.48. The highest BCUT2D eigenvalue weighted by atomic mass is 35.5. The zero-order valence-electron chi connectivity index (χ0n) is 28.5. The van der Waals surface area contributed by atoms with Crippen LogP contribution in [-0.2, 0) is 20.8 Å². The predicted octanol–water partition coefficient (Wildman–Crippen LogP) is 7.25. The molecule has 1 aromatic carbocycles. The Morgan fingerprint density at radius 3 is 2.31 bits per heavy atom. The summed E-state index contributed by atoms with van der Waals surface area (Å²) in [5, 5.41) is 1.04. The number of halogens is 2. The Morgan fingerprint density at radius 1 is 0.918 bits per heavy atom. The highest BCUT2D eigenvalue weighted by Gasteiger charge is 2.42. The quantitative estimate of drug-likeness (QED) is 0.222. The van der Waals surface area contributed by atoms with Crippen molar-refractivity contribution in [2.45, 2.75) is 71.1 Å². The molecule has 2 atom stereocenters. The molecule has 11 nitrogen and oxygen atoms in total.